The summed E-state index contributed by atoms with van der Waals surface area (Å²) in [6, 6.07) is -0.305. The average molecular weight is 235 g/mol. The highest BCUT2D eigenvalue weighted by molar-refractivity contribution is 5.50. The number of hydrogen-bond acceptors (Lipinski definition) is 2. The van der Waals surface area contributed by atoms with Gasteiger partial charge in [0.25, 0.3) is 5.56 Å². The van der Waals surface area contributed by atoms with E-state index in [-0.39, 0.29) is 23.8 Å². The molecule has 1 aliphatic rings. The first-order valence-corrected chi connectivity index (χ1v) is 4.93. The number of hydrogen-bond donors (Lipinski definition) is 2. The molecule has 0 spiro atoms. The molecular formula is C9H12F3N3O. The van der Waals surface area contributed by atoms with E-state index >= 15 is 0 Å². The Bertz CT molecular complexity index is 460. The van der Waals surface area contributed by atoms with Crippen LogP contribution in [0.2, 0.25) is 0 Å². The predicted octanol–water partition coefficient (Wildman–Crippen LogP) is 1.56. The largest absolute Gasteiger partial charge is 0.396 e. The molecule has 2 N–H and O–H groups in total. The van der Waals surface area contributed by atoms with Crippen LogP contribution in [0.3, 0.4) is 0 Å². The van der Waals surface area contributed by atoms with E-state index in [4.69, 9.17) is 0 Å². The van der Waals surface area contributed by atoms with E-state index < -0.39 is 17.7 Å². The summed E-state index contributed by atoms with van der Waals surface area (Å²) in [5.41, 5.74) is -0.868. The van der Waals surface area contributed by atoms with E-state index in [0.717, 1.165) is 0 Å². The molecule has 0 saturated heterocycles. The van der Waals surface area contributed by atoms with Gasteiger partial charge in [0.2, 0.25) is 0 Å². The molecule has 90 valence electrons. The van der Waals surface area contributed by atoms with Crippen molar-refractivity contribution in [3.05, 3.63) is 15.9 Å². The van der Waals surface area contributed by atoms with Gasteiger partial charge in [-0.3, -0.25) is 14.6 Å². The average Bonchev–Trinajstić information content (AvgIpc) is 2.40. The number of nitrogens with zero attached hydrogens (tertiary/aromatic N) is 1. The fourth-order valence-corrected chi connectivity index (χ4v) is 2.12. The van der Waals surface area contributed by atoms with Gasteiger partial charge in [-0.25, -0.2) is 0 Å². The number of fused-ring (bicyclic) bond motifs is 1. The maximum Gasteiger partial charge on any atom is 0.396 e. The van der Waals surface area contributed by atoms with Crippen LogP contribution < -0.4 is 10.9 Å². The number of H-pyrrole nitrogens is 1. The Hall–Kier alpha value is -1.40. The fraction of sp³-hybridized carbons (Fsp3) is 0.667. The molecule has 0 aromatic carbocycles. The second kappa shape index (κ2) is 3.29. The molecule has 1 aromatic rings. The molecule has 2 rings (SSSR count). The van der Waals surface area contributed by atoms with E-state index in [0.29, 0.717) is 0 Å². The maximum atomic E-state index is 12.8. The summed E-state index contributed by atoms with van der Waals surface area (Å²) in [4.78, 5) is 11.4. The van der Waals surface area contributed by atoms with E-state index in [9.17, 15) is 18.0 Å². The Balaban J connectivity index is 2.58. The number of rotatable bonds is 0. The van der Waals surface area contributed by atoms with Crippen LogP contribution in [0.15, 0.2) is 4.79 Å². The highest BCUT2D eigenvalue weighted by Crippen LogP contribution is 2.42. The number of alkyl halides is 3. The van der Waals surface area contributed by atoms with Gasteiger partial charge in [-0.15, -0.1) is 0 Å². The minimum atomic E-state index is -4.38. The molecule has 0 fully saturated rings. The summed E-state index contributed by atoms with van der Waals surface area (Å²) in [5, 5.41) is 5.22. The van der Waals surface area contributed by atoms with Gasteiger partial charge in [0, 0.05) is 13.1 Å². The summed E-state index contributed by atoms with van der Waals surface area (Å²) in [7, 11) is 1.51. The second-order valence-corrected chi connectivity index (χ2v) is 4.14. The molecule has 0 radical (unpaired) electrons. The Kier molecular flexibility index (Phi) is 2.28. The molecule has 1 aromatic heterocycles. The molecule has 2 heterocycles. The number of aromatic amines is 1. The van der Waals surface area contributed by atoms with Crippen molar-refractivity contribution in [3.63, 3.8) is 0 Å². The van der Waals surface area contributed by atoms with Crippen LogP contribution >= 0.6 is 0 Å². The lowest BCUT2D eigenvalue weighted by Gasteiger charge is -2.29. The standard InChI is InChI=1S/C9H12F3N3O/c1-4-3-5(9(10,11)12)6-7(13-4)15(2)14-8(6)16/h4-5,13H,3H2,1-2H3,(H,14,16)/t4-,5-/m1/s1. The third-order valence-corrected chi connectivity index (χ3v) is 2.82. The summed E-state index contributed by atoms with van der Waals surface area (Å²) < 4.78 is 39.7. The fourth-order valence-electron chi connectivity index (χ4n) is 2.12. The van der Waals surface area contributed by atoms with Crippen LogP contribution in [-0.4, -0.2) is 22.0 Å². The van der Waals surface area contributed by atoms with E-state index in [1.807, 2.05) is 0 Å². The number of aryl methyl sites for hydroxylation is 1. The molecule has 2 atom stereocenters. The summed E-state index contributed by atoms with van der Waals surface area (Å²) in [6.07, 6.45) is -4.48. The minimum absolute atomic E-state index is 0.108. The molecule has 0 bridgehead atoms. The molecule has 16 heavy (non-hydrogen) atoms. The van der Waals surface area contributed by atoms with E-state index in [2.05, 4.69) is 10.4 Å². The molecule has 0 amide bonds. The van der Waals surface area contributed by atoms with Crippen molar-refractivity contribution in [2.24, 2.45) is 7.05 Å². The topological polar surface area (TPSA) is 49.8 Å². The lowest BCUT2D eigenvalue weighted by atomic mass is 9.90. The first kappa shape index (κ1) is 11.1. The minimum Gasteiger partial charge on any atom is -0.368 e. The lowest BCUT2D eigenvalue weighted by Crippen LogP contribution is -2.35. The molecular weight excluding hydrogens is 223 g/mol. The first-order chi connectivity index (χ1) is 7.30. The van der Waals surface area contributed by atoms with Crippen LogP contribution in [0.4, 0.5) is 19.0 Å². The zero-order valence-corrected chi connectivity index (χ0v) is 8.85. The lowest BCUT2D eigenvalue weighted by molar-refractivity contribution is -0.153. The third kappa shape index (κ3) is 1.60. The number of aromatic nitrogens is 2. The van der Waals surface area contributed by atoms with Gasteiger partial charge < -0.3 is 5.32 Å². The van der Waals surface area contributed by atoms with Crippen molar-refractivity contribution in [1.29, 1.82) is 0 Å². The molecule has 0 aliphatic carbocycles. The molecule has 0 unspecified atom stereocenters. The van der Waals surface area contributed by atoms with Crippen LogP contribution in [0.5, 0.6) is 0 Å². The quantitative estimate of drug-likeness (QED) is 0.717. The first-order valence-electron chi connectivity index (χ1n) is 4.93. The van der Waals surface area contributed by atoms with Crippen LogP contribution in [0.1, 0.15) is 24.8 Å². The van der Waals surface area contributed by atoms with Gasteiger partial charge in [0.1, 0.15) is 5.82 Å². The highest BCUT2D eigenvalue weighted by atomic mass is 19.4. The van der Waals surface area contributed by atoms with Gasteiger partial charge in [-0.05, 0) is 13.3 Å². The van der Waals surface area contributed by atoms with Gasteiger partial charge >= 0.3 is 6.18 Å². The van der Waals surface area contributed by atoms with E-state index in [1.54, 1.807) is 6.92 Å². The Morgan fingerprint density at radius 1 is 1.44 bits per heavy atom. The van der Waals surface area contributed by atoms with Gasteiger partial charge in [0.05, 0.1) is 11.5 Å². The highest BCUT2D eigenvalue weighted by Gasteiger charge is 2.47. The van der Waals surface area contributed by atoms with Crippen molar-refractivity contribution < 1.29 is 13.2 Å². The van der Waals surface area contributed by atoms with Crippen molar-refractivity contribution in [1.82, 2.24) is 9.78 Å². The molecule has 4 nitrogen and oxygen atoms in total. The van der Waals surface area contributed by atoms with Crippen LogP contribution in [0, 0.1) is 0 Å². The van der Waals surface area contributed by atoms with Crippen LogP contribution in [0.25, 0.3) is 0 Å². The zero-order valence-electron chi connectivity index (χ0n) is 8.85. The van der Waals surface area contributed by atoms with Crippen molar-refractivity contribution in [2.75, 3.05) is 5.32 Å². The summed E-state index contributed by atoms with van der Waals surface area (Å²) in [5.74, 6) is -1.44. The van der Waals surface area contributed by atoms with Crippen molar-refractivity contribution in [2.45, 2.75) is 31.5 Å². The van der Waals surface area contributed by atoms with Gasteiger partial charge in [-0.1, -0.05) is 0 Å². The van der Waals surface area contributed by atoms with Gasteiger partial charge in [-0.2, -0.15) is 13.2 Å². The smallest absolute Gasteiger partial charge is 0.368 e. The van der Waals surface area contributed by atoms with Crippen molar-refractivity contribution in [3.8, 4) is 0 Å². The normalized spacial score (nSPS) is 25.1. The Morgan fingerprint density at radius 2 is 2.06 bits per heavy atom. The maximum absolute atomic E-state index is 12.8. The Labute approximate surface area is 89.4 Å². The SMILES string of the molecule is C[C@@H]1C[C@@H](C(F)(F)F)c2c(n(C)[nH]c2=O)N1. The number of halogens is 3. The number of anilines is 1. The van der Waals surface area contributed by atoms with E-state index in [1.165, 1.54) is 11.7 Å². The number of nitrogens with one attached hydrogen (secondary N) is 2. The summed E-state index contributed by atoms with van der Waals surface area (Å²) in [6.45, 7) is 1.67. The second-order valence-electron chi connectivity index (χ2n) is 4.14. The van der Waals surface area contributed by atoms with Crippen molar-refractivity contribution >= 4 is 5.82 Å². The summed E-state index contributed by atoms with van der Waals surface area (Å²) >= 11 is 0. The zero-order chi connectivity index (χ0) is 12.1. The van der Waals surface area contributed by atoms with Crippen LogP contribution in [-0.2, 0) is 7.05 Å². The Morgan fingerprint density at radius 3 is 2.62 bits per heavy atom. The molecule has 0 saturated carbocycles. The van der Waals surface area contributed by atoms with Gasteiger partial charge in [0.15, 0.2) is 0 Å². The third-order valence-electron chi connectivity index (χ3n) is 2.82. The molecule has 7 heteroatoms. The molecule has 1 aliphatic heterocycles. The monoisotopic (exact) mass is 235 g/mol. The predicted molar refractivity (Wildman–Crippen MR) is 52.5 cm³/mol.